The van der Waals surface area contributed by atoms with Crippen LogP contribution in [-0.2, 0) is 10.3 Å². The Morgan fingerprint density at radius 3 is 1.82 bits per heavy atom. The minimum Gasteiger partial charge on any atom is -0.488 e. The Labute approximate surface area is 227 Å². The second-order valence-electron chi connectivity index (χ2n) is 12.2. The lowest BCUT2D eigenvalue weighted by atomic mass is 9.81. The number of ketones is 2. The number of ether oxygens (including phenoxy) is 2. The van der Waals surface area contributed by atoms with E-state index in [9.17, 15) is 9.59 Å². The predicted octanol–water partition coefficient (Wildman–Crippen LogP) is 7.84. The molecule has 0 spiro atoms. The Hall–Kier alpha value is -3.02. The second kappa shape index (κ2) is 10.6. The molecule has 0 fully saturated rings. The monoisotopic (exact) mass is 517 g/mol. The largest absolute Gasteiger partial charge is 0.488 e. The molecule has 3 rings (SSSR count). The van der Waals surface area contributed by atoms with Crippen LogP contribution in [0.3, 0.4) is 0 Å². The van der Waals surface area contributed by atoms with Gasteiger partial charge in [0.2, 0.25) is 5.78 Å². The summed E-state index contributed by atoms with van der Waals surface area (Å²) in [5.74, 6) is 0.524. The SMILES string of the molecule is CCC(C)(C)C(=O)c1ccc2cc(C(C)(CC)OC(C)(N)C(=O)c3ccc(OC(C)(C)C)cc3)ccc2c1. The molecule has 0 heterocycles. The molecular formula is C33H43NO4. The summed E-state index contributed by atoms with van der Waals surface area (Å²) in [5, 5.41) is 1.98. The average molecular weight is 518 g/mol. The summed E-state index contributed by atoms with van der Waals surface area (Å²) in [6.45, 7) is 17.5. The number of Topliss-reactive ketones (excluding diaryl/α,β-unsaturated/α-hetero) is 2. The molecule has 3 aromatic carbocycles. The first-order chi connectivity index (χ1) is 17.5. The van der Waals surface area contributed by atoms with E-state index in [0.29, 0.717) is 23.3 Å². The third kappa shape index (κ3) is 6.51. The Kier molecular flexibility index (Phi) is 8.26. The van der Waals surface area contributed by atoms with E-state index in [-0.39, 0.29) is 17.2 Å². The quantitative estimate of drug-likeness (QED) is 0.219. The van der Waals surface area contributed by atoms with Crippen LogP contribution in [0.15, 0.2) is 60.7 Å². The summed E-state index contributed by atoms with van der Waals surface area (Å²) in [6.07, 6.45) is 1.39. The molecule has 5 nitrogen and oxygen atoms in total. The molecular weight excluding hydrogens is 474 g/mol. The Balaban J connectivity index is 1.86. The van der Waals surface area contributed by atoms with E-state index >= 15 is 0 Å². The van der Waals surface area contributed by atoms with Crippen LogP contribution < -0.4 is 10.5 Å². The predicted molar refractivity (Wildman–Crippen MR) is 155 cm³/mol. The normalized spacial score (nSPS) is 15.5. The zero-order valence-electron chi connectivity index (χ0n) is 24.4. The summed E-state index contributed by atoms with van der Waals surface area (Å²) in [4.78, 5) is 26.3. The van der Waals surface area contributed by atoms with E-state index in [1.54, 1.807) is 31.2 Å². The van der Waals surface area contributed by atoms with Gasteiger partial charge in [0.05, 0.1) is 5.60 Å². The maximum atomic E-state index is 13.4. The summed E-state index contributed by atoms with van der Waals surface area (Å²) >= 11 is 0. The molecule has 0 bridgehead atoms. The van der Waals surface area contributed by atoms with E-state index in [2.05, 4.69) is 6.07 Å². The Bertz CT molecular complexity index is 1320. The molecule has 0 aliphatic rings. The molecule has 2 unspecified atom stereocenters. The van der Waals surface area contributed by atoms with Gasteiger partial charge >= 0.3 is 0 Å². The number of carbonyl (C=O) groups is 2. The maximum absolute atomic E-state index is 13.4. The number of rotatable bonds is 10. The molecule has 2 N–H and O–H groups in total. The molecule has 0 aliphatic carbocycles. The smallest absolute Gasteiger partial charge is 0.209 e. The second-order valence-corrected chi connectivity index (χ2v) is 12.2. The number of hydrogen-bond donors (Lipinski definition) is 1. The summed E-state index contributed by atoms with van der Waals surface area (Å²) < 4.78 is 12.3. The lowest BCUT2D eigenvalue weighted by Gasteiger charge is -2.37. The van der Waals surface area contributed by atoms with Crippen LogP contribution in [0.2, 0.25) is 0 Å². The van der Waals surface area contributed by atoms with Gasteiger partial charge in [-0.2, -0.15) is 0 Å². The molecule has 0 amide bonds. The molecule has 2 atom stereocenters. The Morgan fingerprint density at radius 1 is 0.711 bits per heavy atom. The van der Waals surface area contributed by atoms with Gasteiger partial charge in [-0.3, -0.25) is 15.3 Å². The van der Waals surface area contributed by atoms with E-state index < -0.39 is 16.7 Å². The highest BCUT2D eigenvalue weighted by Gasteiger charge is 2.39. The van der Waals surface area contributed by atoms with E-state index in [1.807, 2.05) is 85.7 Å². The molecule has 0 aliphatic heterocycles. The Morgan fingerprint density at radius 2 is 1.26 bits per heavy atom. The molecule has 0 saturated carbocycles. The number of benzene rings is 3. The van der Waals surface area contributed by atoms with Crippen molar-refractivity contribution in [1.82, 2.24) is 0 Å². The highest BCUT2D eigenvalue weighted by atomic mass is 16.5. The van der Waals surface area contributed by atoms with Gasteiger partial charge in [0.1, 0.15) is 11.4 Å². The van der Waals surface area contributed by atoms with Crippen molar-refractivity contribution >= 4 is 22.3 Å². The number of hydrogen-bond acceptors (Lipinski definition) is 5. The molecule has 204 valence electrons. The van der Waals surface area contributed by atoms with Crippen molar-refractivity contribution in [3.8, 4) is 5.75 Å². The molecule has 5 heteroatoms. The van der Waals surface area contributed by atoms with Gasteiger partial charge in [-0.1, -0.05) is 52.0 Å². The van der Waals surface area contributed by atoms with Gasteiger partial charge in [-0.05, 0) is 100 Å². The van der Waals surface area contributed by atoms with Gasteiger partial charge < -0.3 is 9.47 Å². The zero-order chi connectivity index (χ0) is 28.5. The van der Waals surface area contributed by atoms with Crippen LogP contribution in [0, 0.1) is 5.41 Å². The number of nitrogens with two attached hydrogens (primary N) is 1. The number of carbonyl (C=O) groups excluding carboxylic acids is 2. The van der Waals surface area contributed by atoms with Crippen molar-refractivity contribution in [3.63, 3.8) is 0 Å². The first-order valence-corrected chi connectivity index (χ1v) is 13.4. The first-order valence-electron chi connectivity index (χ1n) is 13.4. The van der Waals surface area contributed by atoms with Crippen LogP contribution in [0.25, 0.3) is 10.8 Å². The topological polar surface area (TPSA) is 78.6 Å². The maximum Gasteiger partial charge on any atom is 0.209 e. The fourth-order valence-corrected chi connectivity index (χ4v) is 4.43. The van der Waals surface area contributed by atoms with E-state index in [4.69, 9.17) is 15.2 Å². The van der Waals surface area contributed by atoms with Crippen LogP contribution >= 0.6 is 0 Å². The third-order valence-electron chi connectivity index (χ3n) is 7.31. The number of fused-ring (bicyclic) bond motifs is 1. The summed E-state index contributed by atoms with van der Waals surface area (Å²) in [6, 6.07) is 18.8. The minimum atomic E-state index is -1.55. The van der Waals surface area contributed by atoms with Crippen LogP contribution in [0.5, 0.6) is 5.75 Å². The minimum absolute atomic E-state index is 0.142. The lowest BCUT2D eigenvalue weighted by molar-refractivity contribution is -0.122. The van der Waals surface area contributed by atoms with Crippen molar-refractivity contribution in [2.24, 2.45) is 11.1 Å². The van der Waals surface area contributed by atoms with Crippen molar-refractivity contribution in [3.05, 3.63) is 77.4 Å². The fraction of sp³-hybridized carbons (Fsp3) is 0.455. The van der Waals surface area contributed by atoms with Crippen molar-refractivity contribution in [2.75, 3.05) is 0 Å². The first kappa shape index (κ1) is 29.5. The molecule has 3 aromatic rings. The van der Waals surface area contributed by atoms with Crippen LogP contribution in [-0.4, -0.2) is 22.9 Å². The van der Waals surface area contributed by atoms with Crippen molar-refractivity contribution < 1.29 is 19.1 Å². The lowest BCUT2D eigenvalue weighted by Crippen LogP contribution is -2.52. The average Bonchev–Trinajstić information content (AvgIpc) is 2.86. The highest BCUT2D eigenvalue weighted by Crippen LogP contribution is 2.36. The van der Waals surface area contributed by atoms with Gasteiger partial charge in [-0.15, -0.1) is 0 Å². The summed E-state index contributed by atoms with van der Waals surface area (Å²) in [7, 11) is 0. The molecule has 0 radical (unpaired) electrons. The summed E-state index contributed by atoms with van der Waals surface area (Å²) in [5.41, 5.74) is 5.51. The van der Waals surface area contributed by atoms with Gasteiger partial charge in [0, 0.05) is 16.5 Å². The molecule has 0 aromatic heterocycles. The van der Waals surface area contributed by atoms with Crippen molar-refractivity contribution in [1.29, 1.82) is 0 Å². The highest BCUT2D eigenvalue weighted by molar-refractivity contribution is 6.03. The van der Waals surface area contributed by atoms with E-state index in [0.717, 1.165) is 22.8 Å². The van der Waals surface area contributed by atoms with Gasteiger partial charge in [0.15, 0.2) is 11.5 Å². The fourth-order valence-electron chi connectivity index (χ4n) is 4.43. The zero-order valence-corrected chi connectivity index (χ0v) is 24.4. The van der Waals surface area contributed by atoms with Gasteiger partial charge in [0.25, 0.3) is 0 Å². The standard InChI is InChI=1S/C33H43NO4/c1-10-31(6,7)28(35)25-13-12-24-21-26(17-14-23(24)20-25)32(8,11-2)38-33(9,34)29(36)22-15-18-27(19-16-22)37-30(3,4)5/h12-21H,10-11,34H2,1-9H3. The third-order valence-corrected chi connectivity index (χ3v) is 7.31. The van der Waals surface area contributed by atoms with Crippen LogP contribution in [0.1, 0.15) is 101 Å². The molecule has 0 saturated heterocycles. The van der Waals surface area contributed by atoms with Crippen molar-refractivity contribution in [2.45, 2.75) is 92.1 Å². The molecule has 38 heavy (non-hydrogen) atoms. The van der Waals surface area contributed by atoms with Crippen LogP contribution in [0.4, 0.5) is 0 Å². The van der Waals surface area contributed by atoms with E-state index in [1.165, 1.54) is 0 Å². The van der Waals surface area contributed by atoms with Gasteiger partial charge in [-0.25, -0.2) is 0 Å².